The molecule has 0 unspecified atom stereocenters. The zero-order chi connectivity index (χ0) is 13.1. The largest absolute Gasteiger partial charge is 0.324 e. The van der Waals surface area contributed by atoms with E-state index < -0.39 is 0 Å². The van der Waals surface area contributed by atoms with Crippen LogP contribution in [0.1, 0.15) is 57.4 Å². The quantitative estimate of drug-likeness (QED) is 0.331. The van der Waals surface area contributed by atoms with E-state index in [1.165, 1.54) is 38.5 Å². The SMILES string of the molecule is CCCCCCCCCc1ccccc1ON=O. The van der Waals surface area contributed by atoms with Gasteiger partial charge in [0.05, 0.1) is 0 Å². The molecule has 0 N–H and O–H groups in total. The van der Waals surface area contributed by atoms with Gasteiger partial charge in [-0.05, 0) is 24.5 Å². The molecule has 100 valence electrons. The highest BCUT2D eigenvalue weighted by Gasteiger charge is 2.03. The molecule has 0 heterocycles. The molecule has 1 aromatic carbocycles. The van der Waals surface area contributed by atoms with Crippen molar-refractivity contribution in [2.45, 2.75) is 58.3 Å². The summed E-state index contributed by atoms with van der Waals surface area (Å²) >= 11 is 0. The molecule has 0 saturated carbocycles. The first kappa shape index (κ1) is 14.7. The van der Waals surface area contributed by atoms with Crippen molar-refractivity contribution in [1.29, 1.82) is 0 Å². The first-order chi connectivity index (χ1) is 8.88. The highest BCUT2D eigenvalue weighted by molar-refractivity contribution is 5.33. The number of rotatable bonds is 10. The summed E-state index contributed by atoms with van der Waals surface area (Å²) in [5.74, 6) is 0.596. The summed E-state index contributed by atoms with van der Waals surface area (Å²) in [6.07, 6.45) is 9.98. The van der Waals surface area contributed by atoms with Crippen LogP contribution in [0.4, 0.5) is 0 Å². The Bertz CT molecular complexity index is 339. The lowest BCUT2D eigenvalue weighted by atomic mass is 10.0. The topological polar surface area (TPSA) is 38.7 Å². The van der Waals surface area contributed by atoms with Crippen molar-refractivity contribution in [2.75, 3.05) is 0 Å². The Morgan fingerprint density at radius 1 is 1.00 bits per heavy atom. The van der Waals surface area contributed by atoms with Crippen molar-refractivity contribution in [3.63, 3.8) is 0 Å². The summed E-state index contributed by atoms with van der Waals surface area (Å²) in [6, 6.07) is 7.61. The molecule has 1 rings (SSSR count). The van der Waals surface area contributed by atoms with Crippen LogP contribution >= 0.6 is 0 Å². The van der Waals surface area contributed by atoms with Crippen LogP contribution in [0.15, 0.2) is 29.6 Å². The van der Waals surface area contributed by atoms with Crippen molar-refractivity contribution in [1.82, 2.24) is 0 Å². The molecule has 3 heteroatoms. The molecule has 1 aromatic rings. The molecule has 0 aromatic heterocycles. The van der Waals surface area contributed by atoms with E-state index in [-0.39, 0.29) is 0 Å². The van der Waals surface area contributed by atoms with E-state index in [0.717, 1.165) is 18.4 Å². The summed E-state index contributed by atoms with van der Waals surface area (Å²) in [5.41, 5.74) is 1.07. The summed E-state index contributed by atoms with van der Waals surface area (Å²) in [7, 11) is 0. The lowest BCUT2D eigenvalue weighted by Gasteiger charge is -2.05. The van der Waals surface area contributed by atoms with E-state index in [1.807, 2.05) is 18.2 Å². The number of hydrogen-bond acceptors (Lipinski definition) is 3. The molecule has 0 radical (unpaired) electrons. The lowest BCUT2D eigenvalue weighted by Crippen LogP contribution is -1.91. The van der Waals surface area contributed by atoms with Gasteiger partial charge in [0.1, 0.15) is 0 Å². The number of benzene rings is 1. The van der Waals surface area contributed by atoms with E-state index in [4.69, 9.17) is 4.84 Å². The summed E-state index contributed by atoms with van der Waals surface area (Å²) in [5, 5.41) is 2.49. The van der Waals surface area contributed by atoms with Gasteiger partial charge in [-0.2, -0.15) is 0 Å². The fraction of sp³-hybridized carbons (Fsp3) is 0.600. The second kappa shape index (κ2) is 9.63. The first-order valence-corrected chi connectivity index (χ1v) is 6.96. The second-order valence-corrected chi connectivity index (χ2v) is 4.64. The van der Waals surface area contributed by atoms with Gasteiger partial charge in [-0.3, -0.25) is 0 Å². The fourth-order valence-corrected chi connectivity index (χ4v) is 2.11. The molecule has 0 saturated heterocycles. The number of unbranched alkanes of at least 4 members (excludes halogenated alkanes) is 6. The van der Waals surface area contributed by atoms with Gasteiger partial charge in [-0.1, -0.05) is 63.6 Å². The van der Waals surface area contributed by atoms with Gasteiger partial charge < -0.3 is 4.84 Å². The van der Waals surface area contributed by atoms with Crippen LogP contribution in [0.25, 0.3) is 0 Å². The zero-order valence-electron chi connectivity index (χ0n) is 11.2. The number of hydrogen-bond donors (Lipinski definition) is 0. The highest BCUT2D eigenvalue weighted by atomic mass is 16.7. The molecular formula is C15H23NO2. The number of para-hydroxylation sites is 1. The molecular weight excluding hydrogens is 226 g/mol. The Morgan fingerprint density at radius 3 is 2.39 bits per heavy atom. The molecule has 0 aliphatic heterocycles. The van der Waals surface area contributed by atoms with Gasteiger partial charge >= 0.3 is 0 Å². The van der Waals surface area contributed by atoms with E-state index in [2.05, 4.69) is 12.3 Å². The third-order valence-corrected chi connectivity index (χ3v) is 3.16. The van der Waals surface area contributed by atoms with Crippen LogP contribution < -0.4 is 4.84 Å². The molecule has 0 aliphatic rings. The second-order valence-electron chi connectivity index (χ2n) is 4.64. The number of aryl methyl sites for hydroxylation is 1. The smallest absolute Gasteiger partial charge is 0.164 e. The van der Waals surface area contributed by atoms with Crippen molar-refractivity contribution < 1.29 is 4.84 Å². The highest BCUT2D eigenvalue weighted by Crippen LogP contribution is 2.21. The first-order valence-electron chi connectivity index (χ1n) is 6.96. The van der Waals surface area contributed by atoms with Crippen molar-refractivity contribution >= 4 is 0 Å². The Balaban J connectivity index is 2.20. The summed E-state index contributed by atoms with van der Waals surface area (Å²) in [4.78, 5) is 14.8. The van der Waals surface area contributed by atoms with E-state index in [9.17, 15) is 4.91 Å². The predicted octanol–water partition coefficient (Wildman–Crippen LogP) is 5.04. The van der Waals surface area contributed by atoms with Crippen LogP contribution in [-0.4, -0.2) is 0 Å². The molecule has 18 heavy (non-hydrogen) atoms. The van der Waals surface area contributed by atoms with Gasteiger partial charge in [0.15, 0.2) is 11.1 Å². The van der Waals surface area contributed by atoms with Crippen LogP contribution in [0.3, 0.4) is 0 Å². The van der Waals surface area contributed by atoms with Crippen LogP contribution in [-0.2, 0) is 6.42 Å². The Labute approximate surface area is 109 Å². The minimum atomic E-state index is 0.596. The van der Waals surface area contributed by atoms with Gasteiger partial charge in [-0.15, -0.1) is 4.91 Å². The molecule has 0 atom stereocenters. The average molecular weight is 249 g/mol. The van der Waals surface area contributed by atoms with Crippen LogP contribution in [0.2, 0.25) is 0 Å². The van der Waals surface area contributed by atoms with Crippen molar-refractivity contribution in [2.24, 2.45) is 5.34 Å². The van der Waals surface area contributed by atoms with Gasteiger partial charge in [0, 0.05) is 0 Å². The lowest BCUT2D eigenvalue weighted by molar-refractivity contribution is 0.330. The van der Waals surface area contributed by atoms with Gasteiger partial charge in [-0.25, -0.2) is 0 Å². The van der Waals surface area contributed by atoms with E-state index in [1.54, 1.807) is 6.07 Å². The van der Waals surface area contributed by atoms with Crippen LogP contribution in [0, 0.1) is 4.91 Å². The average Bonchev–Trinajstić information content (AvgIpc) is 2.40. The standard InChI is InChI=1S/C15H23NO2/c1-2-3-4-5-6-7-8-11-14-12-9-10-13-15(14)18-16-17/h9-10,12-13H,2-8,11H2,1H3. The third kappa shape index (κ3) is 5.80. The maximum absolute atomic E-state index is 10.1. The molecule has 0 aliphatic carbocycles. The van der Waals surface area contributed by atoms with Crippen molar-refractivity contribution in [3.05, 3.63) is 34.7 Å². The van der Waals surface area contributed by atoms with Gasteiger partial charge in [0.25, 0.3) is 0 Å². The summed E-state index contributed by atoms with van der Waals surface area (Å²) in [6.45, 7) is 2.23. The summed E-state index contributed by atoms with van der Waals surface area (Å²) < 4.78 is 0. The minimum absolute atomic E-state index is 0.596. The molecule has 0 fully saturated rings. The molecule has 0 spiro atoms. The molecule has 0 bridgehead atoms. The van der Waals surface area contributed by atoms with Crippen molar-refractivity contribution in [3.8, 4) is 5.75 Å². The molecule has 0 amide bonds. The maximum Gasteiger partial charge on any atom is 0.164 e. The van der Waals surface area contributed by atoms with Gasteiger partial charge in [0.2, 0.25) is 0 Å². The van der Waals surface area contributed by atoms with E-state index in [0.29, 0.717) is 5.75 Å². The Hall–Kier alpha value is -1.38. The monoisotopic (exact) mass is 249 g/mol. The Morgan fingerprint density at radius 2 is 1.67 bits per heavy atom. The third-order valence-electron chi connectivity index (χ3n) is 3.16. The molecule has 3 nitrogen and oxygen atoms in total. The zero-order valence-corrected chi connectivity index (χ0v) is 11.2. The maximum atomic E-state index is 10.1. The normalized spacial score (nSPS) is 10.3. The van der Waals surface area contributed by atoms with E-state index >= 15 is 0 Å². The predicted molar refractivity (Wildman–Crippen MR) is 74.6 cm³/mol. The Kier molecular flexibility index (Phi) is 7.85. The number of nitrogens with zero attached hydrogens (tertiary/aromatic N) is 1. The van der Waals surface area contributed by atoms with Crippen LogP contribution in [0.5, 0.6) is 5.75 Å². The minimum Gasteiger partial charge on any atom is -0.324 e. The fourth-order valence-electron chi connectivity index (χ4n) is 2.11.